The Balaban J connectivity index is 4.90. The van der Waals surface area contributed by atoms with Crippen LogP contribution in [0, 0.1) is 17.8 Å². The first-order valence-electron chi connectivity index (χ1n) is 8.62. The van der Waals surface area contributed by atoms with E-state index in [-0.39, 0.29) is 6.42 Å². The van der Waals surface area contributed by atoms with Gasteiger partial charge in [-0.3, -0.25) is 19.2 Å². The van der Waals surface area contributed by atoms with Crippen molar-refractivity contribution in [2.75, 3.05) is 0 Å². The zero-order chi connectivity index (χ0) is 19.4. The summed E-state index contributed by atoms with van der Waals surface area (Å²) in [6.45, 7) is 2.10. The van der Waals surface area contributed by atoms with Gasteiger partial charge in [-0.2, -0.15) is 0 Å². The highest BCUT2D eigenvalue weighted by Crippen LogP contribution is 2.30. The van der Waals surface area contributed by atoms with Crippen LogP contribution >= 0.6 is 0 Å². The molecule has 144 valence electrons. The van der Waals surface area contributed by atoms with Crippen molar-refractivity contribution in [2.45, 2.75) is 64.7 Å². The Morgan fingerprint density at radius 2 is 1.16 bits per heavy atom. The Bertz CT molecular complexity index is 460. The molecule has 0 bridgehead atoms. The molecule has 0 aromatic carbocycles. The van der Waals surface area contributed by atoms with E-state index in [0.717, 1.165) is 38.5 Å². The van der Waals surface area contributed by atoms with Crippen LogP contribution < -0.4 is 0 Å². The number of carbonyl (C=O) groups is 4. The second-order valence-corrected chi connectivity index (χ2v) is 6.26. The molecule has 8 heteroatoms. The van der Waals surface area contributed by atoms with E-state index in [0.29, 0.717) is 6.42 Å². The molecule has 0 spiro atoms. The first kappa shape index (κ1) is 22.9. The van der Waals surface area contributed by atoms with Gasteiger partial charge in [-0.1, -0.05) is 51.9 Å². The van der Waals surface area contributed by atoms with Crippen molar-refractivity contribution in [3.63, 3.8) is 0 Å². The van der Waals surface area contributed by atoms with Crippen molar-refractivity contribution < 1.29 is 39.6 Å². The maximum atomic E-state index is 11.5. The fraction of sp³-hybridized carbons (Fsp3) is 0.765. The number of rotatable bonds is 15. The fourth-order valence-corrected chi connectivity index (χ4v) is 2.96. The van der Waals surface area contributed by atoms with E-state index in [1.165, 1.54) is 0 Å². The quantitative estimate of drug-likeness (QED) is 0.326. The molecule has 0 radical (unpaired) electrons. The van der Waals surface area contributed by atoms with E-state index in [9.17, 15) is 29.4 Å². The predicted molar refractivity (Wildman–Crippen MR) is 88.2 cm³/mol. The molecule has 0 aliphatic heterocycles. The van der Waals surface area contributed by atoms with Crippen molar-refractivity contribution in [1.82, 2.24) is 0 Å². The van der Waals surface area contributed by atoms with Crippen molar-refractivity contribution >= 4 is 23.9 Å². The second-order valence-electron chi connectivity index (χ2n) is 6.26. The molecule has 25 heavy (non-hydrogen) atoms. The average molecular weight is 360 g/mol. The lowest BCUT2D eigenvalue weighted by molar-refractivity contribution is -0.164. The van der Waals surface area contributed by atoms with Gasteiger partial charge in [-0.05, 0) is 6.42 Å². The van der Waals surface area contributed by atoms with Crippen LogP contribution in [0.1, 0.15) is 64.7 Å². The zero-order valence-corrected chi connectivity index (χ0v) is 14.5. The normalized spacial score (nSPS) is 14.4. The summed E-state index contributed by atoms with van der Waals surface area (Å²) in [5.74, 6) is -11.1. The van der Waals surface area contributed by atoms with E-state index in [4.69, 9.17) is 10.2 Å². The summed E-state index contributed by atoms with van der Waals surface area (Å²) in [6, 6.07) is 0. The van der Waals surface area contributed by atoms with Gasteiger partial charge in [0.2, 0.25) is 0 Å². The van der Waals surface area contributed by atoms with E-state index in [1.807, 2.05) is 0 Å². The number of carboxylic acid groups (broad SMARTS) is 4. The van der Waals surface area contributed by atoms with Gasteiger partial charge in [0.25, 0.3) is 0 Å². The summed E-state index contributed by atoms with van der Waals surface area (Å²) >= 11 is 0. The monoisotopic (exact) mass is 360 g/mol. The summed E-state index contributed by atoms with van der Waals surface area (Å²) < 4.78 is 0. The minimum atomic E-state index is -1.78. The molecular weight excluding hydrogens is 332 g/mol. The minimum absolute atomic E-state index is 0.0173. The third kappa shape index (κ3) is 9.07. The molecule has 0 heterocycles. The van der Waals surface area contributed by atoms with Gasteiger partial charge in [0.05, 0.1) is 24.2 Å². The van der Waals surface area contributed by atoms with Gasteiger partial charge in [0.1, 0.15) is 0 Å². The van der Waals surface area contributed by atoms with Crippen LogP contribution in [0.2, 0.25) is 0 Å². The lowest BCUT2D eigenvalue weighted by Gasteiger charge is -2.25. The highest BCUT2D eigenvalue weighted by atomic mass is 16.4. The number of unbranched alkanes of at least 4 members (excludes halogenated alkanes) is 6. The Kier molecular flexibility index (Phi) is 11.2. The third-order valence-corrected chi connectivity index (χ3v) is 4.30. The van der Waals surface area contributed by atoms with Crippen LogP contribution in [0.4, 0.5) is 0 Å². The van der Waals surface area contributed by atoms with E-state index < -0.39 is 48.1 Å². The third-order valence-electron chi connectivity index (χ3n) is 4.30. The molecule has 0 fully saturated rings. The lowest BCUT2D eigenvalue weighted by Crippen LogP contribution is -2.40. The summed E-state index contributed by atoms with van der Waals surface area (Å²) in [5, 5.41) is 36.6. The van der Waals surface area contributed by atoms with Gasteiger partial charge >= 0.3 is 23.9 Å². The molecule has 0 aliphatic rings. The van der Waals surface area contributed by atoms with Crippen LogP contribution in [0.15, 0.2) is 0 Å². The molecule has 8 nitrogen and oxygen atoms in total. The van der Waals surface area contributed by atoms with E-state index >= 15 is 0 Å². The number of hydrogen-bond donors (Lipinski definition) is 4. The first-order valence-corrected chi connectivity index (χ1v) is 8.62. The molecule has 0 rings (SSSR count). The average Bonchev–Trinajstić information content (AvgIpc) is 2.50. The number of carboxylic acids is 4. The molecule has 0 aromatic rings. The van der Waals surface area contributed by atoms with Gasteiger partial charge in [0.15, 0.2) is 0 Å². The topological polar surface area (TPSA) is 149 Å². The smallest absolute Gasteiger partial charge is 0.308 e. The second kappa shape index (κ2) is 12.3. The minimum Gasteiger partial charge on any atom is -0.481 e. The molecule has 0 aliphatic carbocycles. The molecule has 3 atom stereocenters. The molecule has 0 saturated heterocycles. The van der Waals surface area contributed by atoms with Crippen molar-refractivity contribution in [1.29, 1.82) is 0 Å². The number of aliphatic carboxylic acids is 4. The SMILES string of the molecule is CCCCCCCCCC(C(=O)O)C(C(=O)O)C(CC(=O)O)C(=O)O. The lowest BCUT2D eigenvalue weighted by atomic mass is 9.77. The highest BCUT2D eigenvalue weighted by Gasteiger charge is 2.43. The summed E-state index contributed by atoms with van der Waals surface area (Å²) in [7, 11) is 0. The maximum absolute atomic E-state index is 11.5. The van der Waals surface area contributed by atoms with Crippen LogP contribution in [0.25, 0.3) is 0 Å². The van der Waals surface area contributed by atoms with E-state index in [2.05, 4.69) is 6.92 Å². The summed E-state index contributed by atoms with van der Waals surface area (Å²) in [4.78, 5) is 45.0. The summed E-state index contributed by atoms with van der Waals surface area (Å²) in [5.41, 5.74) is 0. The molecule has 0 aromatic heterocycles. The first-order chi connectivity index (χ1) is 11.7. The molecular formula is C17H28O8. The van der Waals surface area contributed by atoms with Gasteiger partial charge in [-0.25, -0.2) is 0 Å². The predicted octanol–water partition coefficient (Wildman–Crippen LogP) is 2.70. The molecule has 4 N–H and O–H groups in total. The zero-order valence-electron chi connectivity index (χ0n) is 14.5. The Morgan fingerprint density at radius 3 is 1.56 bits per heavy atom. The van der Waals surface area contributed by atoms with Crippen molar-refractivity contribution in [3.05, 3.63) is 0 Å². The maximum Gasteiger partial charge on any atom is 0.308 e. The Labute approximate surface area is 146 Å². The van der Waals surface area contributed by atoms with Crippen molar-refractivity contribution in [3.8, 4) is 0 Å². The van der Waals surface area contributed by atoms with E-state index in [1.54, 1.807) is 0 Å². The Hall–Kier alpha value is -2.12. The number of hydrogen-bond acceptors (Lipinski definition) is 4. The van der Waals surface area contributed by atoms with Gasteiger partial charge < -0.3 is 20.4 Å². The standard InChI is InChI=1S/C17H28O8/c1-2-3-4-5-6-7-8-9-11(15(20)21)14(17(24)25)12(16(22)23)10-13(18)19/h11-12,14H,2-10H2,1H3,(H,18,19)(H,20,21)(H,22,23)(H,24,25). The molecule has 0 amide bonds. The molecule has 0 saturated carbocycles. The summed E-state index contributed by atoms with van der Waals surface area (Å²) in [6.07, 6.45) is 5.55. The largest absolute Gasteiger partial charge is 0.481 e. The van der Waals surface area contributed by atoms with Crippen LogP contribution in [0.5, 0.6) is 0 Å². The van der Waals surface area contributed by atoms with Crippen LogP contribution in [0.3, 0.4) is 0 Å². The van der Waals surface area contributed by atoms with Gasteiger partial charge in [-0.15, -0.1) is 0 Å². The highest BCUT2D eigenvalue weighted by molar-refractivity contribution is 5.87. The van der Waals surface area contributed by atoms with Gasteiger partial charge in [0, 0.05) is 0 Å². The molecule has 3 unspecified atom stereocenters. The van der Waals surface area contributed by atoms with Crippen LogP contribution in [-0.4, -0.2) is 44.3 Å². The fourth-order valence-electron chi connectivity index (χ4n) is 2.96. The Morgan fingerprint density at radius 1 is 0.680 bits per heavy atom. The van der Waals surface area contributed by atoms with Crippen LogP contribution in [-0.2, 0) is 19.2 Å². The van der Waals surface area contributed by atoms with Crippen molar-refractivity contribution in [2.24, 2.45) is 17.8 Å².